The molecule has 0 saturated carbocycles. The molecule has 0 aliphatic heterocycles. The van der Waals surface area contributed by atoms with Crippen LogP contribution in [-0.4, -0.2) is 12.6 Å². The van der Waals surface area contributed by atoms with Gasteiger partial charge in [0, 0.05) is 5.57 Å². The van der Waals surface area contributed by atoms with Crippen LogP contribution >= 0.6 is 0 Å². The number of benzene rings is 1. The number of rotatable bonds is 10. The normalized spacial score (nSPS) is 17.2. The highest BCUT2D eigenvalue weighted by molar-refractivity contribution is 5.88. The van der Waals surface area contributed by atoms with E-state index in [1.807, 2.05) is 0 Å². The van der Waals surface area contributed by atoms with Gasteiger partial charge in [-0.1, -0.05) is 69.9 Å². The van der Waals surface area contributed by atoms with Crippen LogP contribution < -0.4 is 0 Å². The van der Waals surface area contributed by atoms with Crippen molar-refractivity contribution in [3.05, 3.63) is 47.0 Å². The second-order valence-corrected chi connectivity index (χ2v) is 7.24. The van der Waals surface area contributed by atoms with E-state index in [1.54, 1.807) is 0 Å². The van der Waals surface area contributed by atoms with Gasteiger partial charge in [-0.05, 0) is 55.6 Å². The molecule has 0 fully saturated rings. The van der Waals surface area contributed by atoms with Gasteiger partial charge < -0.3 is 4.74 Å². The fourth-order valence-corrected chi connectivity index (χ4v) is 3.47. The van der Waals surface area contributed by atoms with E-state index in [0.29, 0.717) is 12.5 Å². The summed E-state index contributed by atoms with van der Waals surface area (Å²) >= 11 is 0. The summed E-state index contributed by atoms with van der Waals surface area (Å²) in [5, 5.41) is 0. The number of carbonyl (C=O) groups is 1. The predicted octanol–water partition coefficient (Wildman–Crippen LogP) is 6.35. The van der Waals surface area contributed by atoms with E-state index in [0.717, 1.165) is 44.1 Å². The third kappa shape index (κ3) is 6.68. The van der Waals surface area contributed by atoms with Crippen molar-refractivity contribution in [2.45, 2.75) is 84.0 Å². The number of unbranched alkanes of at least 4 members (excludes halogenated alkanes) is 4. The molecular formula is C23H34O2. The summed E-state index contributed by atoms with van der Waals surface area (Å²) in [5.41, 5.74) is 3.73. The zero-order chi connectivity index (χ0) is 17.9. The van der Waals surface area contributed by atoms with Crippen LogP contribution in [0.4, 0.5) is 0 Å². The average molecular weight is 343 g/mol. The smallest absolute Gasteiger partial charge is 0.333 e. The maximum absolute atomic E-state index is 12.1. The Morgan fingerprint density at radius 2 is 1.76 bits per heavy atom. The van der Waals surface area contributed by atoms with Gasteiger partial charge in [-0.25, -0.2) is 4.79 Å². The number of esters is 1. The van der Waals surface area contributed by atoms with E-state index in [2.05, 4.69) is 44.2 Å². The molecule has 0 heterocycles. The molecule has 2 rings (SSSR count). The molecule has 25 heavy (non-hydrogen) atoms. The van der Waals surface area contributed by atoms with E-state index < -0.39 is 0 Å². The fourth-order valence-electron chi connectivity index (χ4n) is 3.47. The number of ether oxygens (including phenoxy) is 1. The Morgan fingerprint density at radius 1 is 1.04 bits per heavy atom. The van der Waals surface area contributed by atoms with Gasteiger partial charge in [0.25, 0.3) is 0 Å². The molecule has 2 heteroatoms. The first-order valence-electron chi connectivity index (χ1n) is 10.2. The zero-order valence-electron chi connectivity index (χ0n) is 16.1. The van der Waals surface area contributed by atoms with Crippen molar-refractivity contribution in [1.29, 1.82) is 0 Å². The second-order valence-electron chi connectivity index (χ2n) is 7.24. The molecule has 1 aliphatic rings. The third-order valence-electron chi connectivity index (χ3n) is 5.17. The molecule has 0 aromatic heterocycles. The minimum absolute atomic E-state index is 0.0965. The first kappa shape index (κ1) is 19.8. The SMILES string of the molecule is CCCCCOC(=O)C1=CCC(c2ccc(CCCCC)cc2)CC1. The highest BCUT2D eigenvalue weighted by Gasteiger charge is 2.20. The molecule has 1 aromatic rings. The largest absolute Gasteiger partial charge is 0.462 e. The van der Waals surface area contributed by atoms with Gasteiger partial charge in [0.2, 0.25) is 0 Å². The van der Waals surface area contributed by atoms with E-state index in [-0.39, 0.29) is 5.97 Å². The molecule has 0 radical (unpaired) electrons. The number of allylic oxidation sites excluding steroid dienone is 1. The summed E-state index contributed by atoms with van der Waals surface area (Å²) in [6, 6.07) is 9.14. The molecule has 1 aliphatic carbocycles. The summed E-state index contributed by atoms with van der Waals surface area (Å²) < 4.78 is 5.38. The molecule has 0 amide bonds. The Balaban J connectivity index is 1.80. The zero-order valence-corrected chi connectivity index (χ0v) is 16.1. The van der Waals surface area contributed by atoms with Crippen LogP contribution in [-0.2, 0) is 16.0 Å². The molecule has 1 aromatic carbocycles. The van der Waals surface area contributed by atoms with Crippen molar-refractivity contribution in [2.75, 3.05) is 6.61 Å². The summed E-state index contributed by atoms with van der Waals surface area (Å²) in [6.07, 6.45) is 13.3. The standard InChI is InChI=1S/C23H34O2/c1-3-5-7-9-19-10-12-20(13-11-19)21-14-16-22(17-15-21)23(24)25-18-8-6-4-2/h10-13,16,21H,3-9,14-15,17-18H2,1-2H3. The predicted molar refractivity (Wildman–Crippen MR) is 105 cm³/mol. The Kier molecular flexibility index (Phi) is 8.79. The summed E-state index contributed by atoms with van der Waals surface area (Å²) in [7, 11) is 0. The van der Waals surface area contributed by atoms with Crippen LogP contribution in [0.1, 0.15) is 88.7 Å². The van der Waals surface area contributed by atoms with Crippen molar-refractivity contribution in [2.24, 2.45) is 0 Å². The van der Waals surface area contributed by atoms with Crippen molar-refractivity contribution in [1.82, 2.24) is 0 Å². The van der Waals surface area contributed by atoms with Crippen molar-refractivity contribution in [3.63, 3.8) is 0 Å². The lowest BCUT2D eigenvalue weighted by Crippen LogP contribution is -2.14. The number of hydrogen-bond acceptors (Lipinski definition) is 2. The molecule has 1 unspecified atom stereocenters. The second kappa shape index (κ2) is 11.1. The molecule has 138 valence electrons. The fraction of sp³-hybridized carbons (Fsp3) is 0.609. The number of hydrogen-bond donors (Lipinski definition) is 0. The van der Waals surface area contributed by atoms with Crippen LogP contribution in [0.15, 0.2) is 35.9 Å². The van der Waals surface area contributed by atoms with Gasteiger partial charge in [0.05, 0.1) is 6.61 Å². The topological polar surface area (TPSA) is 26.3 Å². The lowest BCUT2D eigenvalue weighted by atomic mass is 9.84. The lowest BCUT2D eigenvalue weighted by Gasteiger charge is -2.22. The van der Waals surface area contributed by atoms with Gasteiger partial charge in [0.15, 0.2) is 0 Å². The first-order valence-corrected chi connectivity index (χ1v) is 10.2. The maximum atomic E-state index is 12.1. The van der Waals surface area contributed by atoms with E-state index in [1.165, 1.54) is 36.8 Å². The van der Waals surface area contributed by atoms with Gasteiger partial charge in [-0.3, -0.25) is 0 Å². The van der Waals surface area contributed by atoms with Crippen LogP contribution in [0.3, 0.4) is 0 Å². The number of carbonyl (C=O) groups excluding carboxylic acids is 1. The van der Waals surface area contributed by atoms with Gasteiger partial charge in [-0.15, -0.1) is 0 Å². The first-order chi connectivity index (χ1) is 12.2. The summed E-state index contributed by atoms with van der Waals surface area (Å²) in [6.45, 7) is 4.96. The average Bonchev–Trinajstić information content (AvgIpc) is 2.66. The minimum atomic E-state index is -0.0965. The Labute approximate surface area is 153 Å². The van der Waals surface area contributed by atoms with Crippen molar-refractivity contribution >= 4 is 5.97 Å². The molecular weight excluding hydrogens is 308 g/mol. The Bertz CT molecular complexity index is 542. The van der Waals surface area contributed by atoms with Crippen LogP contribution in [0, 0.1) is 0 Å². The molecule has 0 bridgehead atoms. The minimum Gasteiger partial charge on any atom is -0.462 e. The molecule has 0 spiro atoms. The lowest BCUT2D eigenvalue weighted by molar-refractivity contribution is -0.139. The third-order valence-corrected chi connectivity index (χ3v) is 5.17. The van der Waals surface area contributed by atoms with E-state index in [9.17, 15) is 4.79 Å². The quantitative estimate of drug-likeness (QED) is 0.366. The van der Waals surface area contributed by atoms with E-state index >= 15 is 0 Å². The van der Waals surface area contributed by atoms with Crippen LogP contribution in [0.25, 0.3) is 0 Å². The van der Waals surface area contributed by atoms with Crippen LogP contribution in [0.2, 0.25) is 0 Å². The van der Waals surface area contributed by atoms with Gasteiger partial charge in [-0.2, -0.15) is 0 Å². The summed E-state index contributed by atoms with van der Waals surface area (Å²) in [5.74, 6) is 0.446. The Hall–Kier alpha value is -1.57. The molecule has 0 N–H and O–H groups in total. The molecule has 1 atom stereocenters. The van der Waals surface area contributed by atoms with Gasteiger partial charge >= 0.3 is 5.97 Å². The highest BCUT2D eigenvalue weighted by atomic mass is 16.5. The molecule has 2 nitrogen and oxygen atoms in total. The maximum Gasteiger partial charge on any atom is 0.333 e. The van der Waals surface area contributed by atoms with Gasteiger partial charge in [0.1, 0.15) is 0 Å². The van der Waals surface area contributed by atoms with Crippen molar-refractivity contribution < 1.29 is 9.53 Å². The number of aryl methyl sites for hydroxylation is 1. The van der Waals surface area contributed by atoms with Crippen molar-refractivity contribution in [3.8, 4) is 0 Å². The Morgan fingerprint density at radius 3 is 2.40 bits per heavy atom. The molecule has 0 saturated heterocycles. The van der Waals surface area contributed by atoms with E-state index in [4.69, 9.17) is 4.74 Å². The highest BCUT2D eigenvalue weighted by Crippen LogP contribution is 2.32. The van der Waals surface area contributed by atoms with Crippen LogP contribution in [0.5, 0.6) is 0 Å². The monoisotopic (exact) mass is 342 g/mol. The summed E-state index contributed by atoms with van der Waals surface area (Å²) in [4.78, 5) is 12.1.